The van der Waals surface area contributed by atoms with Gasteiger partial charge in [0.2, 0.25) is 0 Å². The number of nitrogens with zero attached hydrogens (tertiary/aromatic N) is 2. The molecular formula is C11H13ClN4O2S. The summed E-state index contributed by atoms with van der Waals surface area (Å²) in [6, 6.07) is 4.66. The van der Waals surface area contributed by atoms with Crippen LogP contribution in [0.4, 0.5) is 5.69 Å². The van der Waals surface area contributed by atoms with Crippen LogP contribution in [-0.4, -0.2) is 18.2 Å². The van der Waals surface area contributed by atoms with Gasteiger partial charge in [0.25, 0.3) is 10.0 Å². The summed E-state index contributed by atoms with van der Waals surface area (Å²) in [4.78, 5) is 0.000898. The average molecular weight is 301 g/mol. The highest BCUT2D eigenvalue weighted by atomic mass is 35.5. The molecule has 0 saturated heterocycles. The molecular weight excluding hydrogens is 288 g/mol. The maximum Gasteiger partial charge on any atom is 0.263 e. The highest BCUT2D eigenvalue weighted by Gasteiger charge is 2.19. The molecule has 0 unspecified atom stereocenters. The summed E-state index contributed by atoms with van der Waals surface area (Å²) in [7, 11) is -2.06. The molecule has 0 aliphatic heterocycles. The van der Waals surface area contributed by atoms with E-state index in [1.807, 2.05) is 0 Å². The number of nitrogens with one attached hydrogen (secondary N) is 1. The monoisotopic (exact) mass is 300 g/mol. The minimum absolute atomic E-state index is 0.000898. The molecule has 1 heterocycles. The second kappa shape index (κ2) is 5.20. The van der Waals surface area contributed by atoms with Crippen molar-refractivity contribution in [2.24, 2.45) is 12.8 Å². The third-order valence-corrected chi connectivity index (χ3v) is 4.34. The summed E-state index contributed by atoms with van der Waals surface area (Å²) in [5, 5.41) is 4.03. The van der Waals surface area contributed by atoms with Crippen molar-refractivity contribution in [3.05, 3.63) is 41.2 Å². The number of sulfonamides is 1. The third-order valence-electron chi connectivity index (χ3n) is 2.48. The number of halogens is 1. The lowest BCUT2D eigenvalue weighted by molar-refractivity contribution is 0.601. The molecule has 2 rings (SSSR count). The Labute approximate surface area is 116 Å². The normalized spacial score (nSPS) is 11.5. The summed E-state index contributed by atoms with van der Waals surface area (Å²) in [5.74, 6) is 0. The second-order valence-electron chi connectivity index (χ2n) is 3.98. The molecule has 102 valence electrons. The largest absolute Gasteiger partial charge is 0.326 e. The molecule has 2 aromatic rings. The van der Waals surface area contributed by atoms with E-state index in [1.165, 1.54) is 23.0 Å². The van der Waals surface area contributed by atoms with Crippen molar-refractivity contribution < 1.29 is 8.42 Å². The maximum atomic E-state index is 12.2. The third kappa shape index (κ3) is 3.06. The lowest BCUT2D eigenvalue weighted by Crippen LogP contribution is -2.14. The molecule has 0 bridgehead atoms. The first kappa shape index (κ1) is 13.9. The molecule has 0 aliphatic rings. The van der Waals surface area contributed by atoms with Gasteiger partial charge in [0.05, 0.1) is 16.9 Å². The summed E-state index contributed by atoms with van der Waals surface area (Å²) < 4.78 is 28.4. The van der Waals surface area contributed by atoms with E-state index in [0.29, 0.717) is 11.3 Å². The Hall–Kier alpha value is -1.57. The first-order valence-corrected chi connectivity index (χ1v) is 7.28. The van der Waals surface area contributed by atoms with Gasteiger partial charge in [-0.05, 0) is 17.7 Å². The van der Waals surface area contributed by atoms with Crippen LogP contribution in [0.15, 0.2) is 35.5 Å². The van der Waals surface area contributed by atoms with Gasteiger partial charge in [-0.2, -0.15) is 5.10 Å². The number of hydrogen-bond acceptors (Lipinski definition) is 4. The van der Waals surface area contributed by atoms with Gasteiger partial charge in [0, 0.05) is 19.8 Å². The molecule has 8 heteroatoms. The maximum absolute atomic E-state index is 12.2. The lowest BCUT2D eigenvalue weighted by Gasteiger charge is -2.09. The Morgan fingerprint density at radius 2 is 2.21 bits per heavy atom. The van der Waals surface area contributed by atoms with Crippen LogP contribution >= 0.6 is 11.6 Å². The quantitative estimate of drug-likeness (QED) is 0.891. The number of rotatable bonds is 4. The van der Waals surface area contributed by atoms with E-state index in [1.54, 1.807) is 19.3 Å². The zero-order valence-corrected chi connectivity index (χ0v) is 11.7. The van der Waals surface area contributed by atoms with Crippen molar-refractivity contribution in [2.45, 2.75) is 11.4 Å². The number of aryl methyl sites for hydroxylation is 1. The fourth-order valence-corrected chi connectivity index (χ4v) is 3.14. The van der Waals surface area contributed by atoms with Crippen molar-refractivity contribution in [1.29, 1.82) is 0 Å². The summed E-state index contributed by atoms with van der Waals surface area (Å²) >= 11 is 5.93. The van der Waals surface area contributed by atoms with E-state index in [-0.39, 0.29) is 16.5 Å². The van der Waals surface area contributed by atoms with Gasteiger partial charge >= 0.3 is 0 Å². The van der Waals surface area contributed by atoms with Gasteiger partial charge in [-0.1, -0.05) is 17.7 Å². The van der Waals surface area contributed by atoms with E-state index < -0.39 is 10.0 Å². The van der Waals surface area contributed by atoms with Gasteiger partial charge in [0.15, 0.2) is 0 Å². The molecule has 0 radical (unpaired) electrons. The smallest absolute Gasteiger partial charge is 0.263 e. The molecule has 3 N–H and O–H groups in total. The summed E-state index contributed by atoms with van der Waals surface area (Å²) in [5.41, 5.74) is 6.56. The van der Waals surface area contributed by atoms with Gasteiger partial charge in [-0.25, -0.2) is 8.42 Å². The molecule has 0 amide bonds. The molecule has 1 aromatic heterocycles. The van der Waals surface area contributed by atoms with Crippen molar-refractivity contribution in [2.75, 3.05) is 4.72 Å². The number of benzene rings is 1. The second-order valence-corrected chi connectivity index (χ2v) is 6.04. The van der Waals surface area contributed by atoms with Crippen LogP contribution in [-0.2, 0) is 23.6 Å². The van der Waals surface area contributed by atoms with Crippen molar-refractivity contribution in [1.82, 2.24) is 9.78 Å². The first-order valence-electron chi connectivity index (χ1n) is 5.42. The molecule has 0 saturated carbocycles. The molecule has 0 aliphatic carbocycles. The van der Waals surface area contributed by atoms with Crippen LogP contribution in [0.25, 0.3) is 0 Å². The summed E-state index contributed by atoms with van der Waals surface area (Å²) in [6.07, 6.45) is 2.97. The Morgan fingerprint density at radius 3 is 2.79 bits per heavy atom. The SMILES string of the molecule is Cn1cc(NS(=O)(=O)c2cc(CN)ccc2Cl)cn1. The molecule has 0 spiro atoms. The first-order chi connectivity index (χ1) is 8.92. The number of hydrogen-bond donors (Lipinski definition) is 2. The van der Waals surface area contributed by atoms with Gasteiger partial charge in [-0.3, -0.25) is 9.40 Å². The highest BCUT2D eigenvalue weighted by Crippen LogP contribution is 2.24. The molecule has 6 nitrogen and oxygen atoms in total. The predicted molar refractivity (Wildman–Crippen MR) is 73.4 cm³/mol. The highest BCUT2D eigenvalue weighted by molar-refractivity contribution is 7.92. The van der Waals surface area contributed by atoms with Crippen LogP contribution in [0, 0.1) is 0 Å². The Morgan fingerprint density at radius 1 is 1.47 bits per heavy atom. The average Bonchev–Trinajstić information content (AvgIpc) is 2.74. The van der Waals surface area contributed by atoms with Gasteiger partial charge in [0.1, 0.15) is 4.90 Å². The zero-order valence-electron chi connectivity index (χ0n) is 10.2. The summed E-state index contributed by atoms with van der Waals surface area (Å²) in [6.45, 7) is 0.243. The van der Waals surface area contributed by atoms with Gasteiger partial charge in [-0.15, -0.1) is 0 Å². The molecule has 0 fully saturated rings. The van der Waals surface area contributed by atoms with E-state index in [9.17, 15) is 8.42 Å². The molecule has 19 heavy (non-hydrogen) atoms. The minimum atomic E-state index is -3.75. The van der Waals surface area contributed by atoms with E-state index in [0.717, 1.165) is 0 Å². The van der Waals surface area contributed by atoms with Crippen LogP contribution in [0.1, 0.15) is 5.56 Å². The van der Waals surface area contributed by atoms with Crippen molar-refractivity contribution in [3.63, 3.8) is 0 Å². The van der Waals surface area contributed by atoms with Crippen LogP contribution in [0.3, 0.4) is 0 Å². The van der Waals surface area contributed by atoms with E-state index in [4.69, 9.17) is 17.3 Å². The standard InChI is InChI=1S/C11H13ClN4O2S/c1-16-7-9(6-14-16)15-19(17,18)11-4-8(5-13)2-3-10(11)12/h2-4,6-7,15H,5,13H2,1H3. The topological polar surface area (TPSA) is 90.0 Å². The Balaban J connectivity index is 2.39. The predicted octanol–water partition coefficient (Wildman–Crippen LogP) is 1.33. The molecule has 1 aromatic carbocycles. The Kier molecular flexibility index (Phi) is 3.79. The Bertz CT molecular complexity index is 696. The van der Waals surface area contributed by atoms with Crippen molar-refractivity contribution >= 4 is 27.3 Å². The zero-order chi connectivity index (χ0) is 14.0. The number of anilines is 1. The van der Waals surface area contributed by atoms with E-state index in [2.05, 4.69) is 9.82 Å². The van der Waals surface area contributed by atoms with Crippen LogP contribution in [0.5, 0.6) is 0 Å². The van der Waals surface area contributed by atoms with Crippen LogP contribution in [0.2, 0.25) is 5.02 Å². The van der Waals surface area contributed by atoms with Crippen molar-refractivity contribution in [3.8, 4) is 0 Å². The number of aromatic nitrogens is 2. The fraction of sp³-hybridized carbons (Fsp3) is 0.182. The van der Waals surface area contributed by atoms with Crippen LogP contribution < -0.4 is 10.5 Å². The fourth-order valence-electron chi connectivity index (χ4n) is 1.56. The number of nitrogens with two attached hydrogens (primary N) is 1. The molecule has 0 atom stereocenters. The van der Waals surface area contributed by atoms with Gasteiger partial charge < -0.3 is 5.73 Å². The lowest BCUT2D eigenvalue weighted by atomic mass is 10.2. The van der Waals surface area contributed by atoms with E-state index >= 15 is 0 Å². The minimum Gasteiger partial charge on any atom is -0.326 e.